The van der Waals surface area contributed by atoms with E-state index in [1.165, 1.54) is 0 Å². The molecule has 2 N–H and O–H groups in total. The maximum atomic E-state index is 9.92. The van der Waals surface area contributed by atoms with Crippen LogP contribution in [0.5, 0.6) is 0 Å². The van der Waals surface area contributed by atoms with E-state index >= 15 is 0 Å². The predicted molar refractivity (Wildman–Crippen MR) is 85.9 cm³/mol. The third kappa shape index (κ3) is 3.81. The van der Waals surface area contributed by atoms with E-state index in [-0.39, 0.29) is 17.7 Å². The maximum absolute atomic E-state index is 9.92. The summed E-state index contributed by atoms with van der Waals surface area (Å²) in [6, 6.07) is 10.2. The second-order valence-corrected chi connectivity index (χ2v) is 6.19. The van der Waals surface area contributed by atoms with Crippen molar-refractivity contribution in [3.63, 3.8) is 0 Å². The molecule has 3 heteroatoms. The number of hydrogen-bond acceptors (Lipinski definition) is 3. The van der Waals surface area contributed by atoms with Gasteiger partial charge >= 0.3 is 0 Å². The van der Waals surface area contributed by atoms with E-state index in [0.717, 1.165) is 24.9 Å². The second-order valence-electron chi connectivity index (χ2n) is 6.19. The molecule has 0 aromatic heterocycles. The first-order valence-corrected chi connectivity index (χ1v) is 7.48. The Bertz CT molecular complexity index is 385. The molecule has 0 aliphatic carbocycles. The highest BCUT2D eigenvalue weighted by molar-refractivity contribution is 5.24. The van der Waals surface area contributed by atoms with Crippen LogP contribution < -0.4 is 5.32 Å². The summed E-state index contributed by atoms with van der Waals surface area (Å²) in [4.78, 5) is 2.37. The van der Waals surface area contributed by atoms with Crippen LogP contribution in [-0.2, 0) is 5.54 Å². The van der Waals surface area contributed by atoms with E-state index < -0.39 is 0 Å². The van der Waals surface area contributed by atoms with Gasteiger partial charge in [0.2, 0.25) is 0 Å². The number of hydrogen-bond donors (Lipinski definition) is 2. The monoisotopic (exact) mass is 278 g/mol. The molecule has 0 saturated carbocycles. The molecule has 0 aliphatic heterocycles. The van der Waals surface area contributed by atoms with Crippen LogP contribution in [0.2, 0.25) is 0 Å². The summed E-state index contributed by atoms with van der Waals surface area (Å²) >= 11 is 0. The van der Waals surface area contributed by atoms with Gasteiger partial charge in [0.1, 0.15) is 0 Å². The molecule has 1 unspecified atom stereocenters. The van der Waals surface area contributed by atoms with Gasteiger partial charge in [-0.25, -0.2) is 0 Å². The molecule has 0 aliphatic rings. The quantitative estimate of drug-likeness (QED) is 0.767. The van der Waals surface area contributed by atoms with Gasteiger partial charge in [0.15, 0.2) is 0 Å². The molecule has 3 nitrogen and oxygen atoms in total. The van der Waals surface area contributed by atoms with E-state index in [2.05, 4.69) is 50.2 Å². The van der Waals surface area contributed by atoms with E-state index in [9.17, 15) is 5.11 Å². The van der Waals surface area contributed by atoms with E-state index in [1.807, 2.05) is 25.2 Å². The normalized spacial score (nSPS) is 15.3. The van der Waals surface area contributed by atoms with Gasteiger partial charge in [-0.15, -0.1) is 0 Å². The fourth-order valence-corrected chi connectivity index (χ4v) is 2.35. The van der Waals surface area contributed by atoms with Crippen molar-refractivity contribution in [1.82, 2.24) is 10.2 Å². The van der Waals surface area contributed by atoms with Gasteiger partial charge in [-0.2, -0.15) is 0 Å². The van der Waals surface area contributed by atoms with Crippen molar-refractivity contribution < 1.29 is 5.11 Å². The zero-order valence-electron chi connectivity index (χ0n) is 13.6. The molecular weight excluding hydrogens is 248 g/mol. The highest BCUT2D eigenvalue weighted by Gasteiger charge is 2.31. The summed E-state index contributed by atoms with van der Waals surface area (Å²) in [5.41, 5.74) is 0.970. The zero-order valence-corrected chi connectivity index (χ0v) is 13.6. The lowest BCUT2D eigenvalue weighted by Crippen LogP contribution is -2.48. The number of aliphatic hydroxyl groups excluding tert-OH is 1. The fourth-order valence-electron chi connectivity index (χ4n) is 2.35. The van der Waals surface area contributed by atoms with Crippen molar-refractivity contribution in [1.29, 1.82) is 0 Å². The van der Waals surface area contributed by atoms with E-state index in [1.54, 1.807) is 0 Å². The first-order valence-electron chi connectivity index (χ1n) is 7.48. The lowest BCUT2D eigenvalue weighted by atomic mass is 9.86. The standard InChI is InChI=1S/C17H30N2O/c1-6-16(2,3)19(5)13-12-17(14-20,18-4)15-10-8-7-9-11-15/h7-11,18,20H,6,12-14H2,1-5H3. The molecule has 114 valence electrons. The highest BCUT2D eigenvalue weighted by atomic mass is 16.3. The Balaban J connectivity index is 2.84. The summed E-state index contributed by atoms with van der Waals surface area (Å²) in [5.74, 6) is 0. The van der Waals surface area contributed by atoms with Crippen LogP contribution in [0.1, 0.15) is 39.2 Å². The van der Waals surface area contributed by atoms with Crippen LogP contribution in [-0.4, -0.2) is 42.8 Å². The van der Waals surface area contributed by atoms with Gasteiger partial charge in [-0.1, -0.05) is 37.3 Å². The van der Waals surface area contributed by atoms with Crippen molar-refractivity contribution in [2.45, 2.75) is 44.7 Å². The molecule has 1 atom stereocenters. The minimum atomic E-state index is -0.362. The number of benzene rings is 1. The topological polar surface area (TPSA) is 35.5 Å². The Kier molecular flexibility index (Phi) is 6.18. The van der Waals surface area contributed by atoms with Gasteiger partial charge in [-0.3, -0.25) is 0 Å². The Hall–Kier alpha value is -0.900. The first kappa shape index (κ1) is 17.2. The average Bonchev–Trinajstić information content (AvgIpc) is 2.49. The number of rotatable bonds is 8. The first-order chi connectivity index (χ1) is 9.41. The maximum Gasteiger partial charge on any atom is 0.0678 e. The predicted octanol–water partition coefficient (Wildman–Crippen LogP) is 2.60. The largest absolute Gasteiger partial charge is 0.394 e. The Labute approximate surface area is 124 Å². The SMILES string of the molecule is CCC(C)(C)N(C)CCC(CO)(NC)c1ccccc1. The molecule has 0 heterocycles. The van der Waals surface area contributed by atoms with Gasteiger partial charge in [0.25, 0.3) is 0 Å². The minimum absolute atomic E-state index is 0.105. The third-order valence-electron chi connectivity index (χ3n) is 4.85. The minimum Gasteiger partial charge on any atom is -0.394 e. The van der Waals surface area contributed by atoms with Crippen molar-refractivity contribution in [2.24, 2.45) is 0 Å². The fraction of sp³-hybridized carbons (Fsp3) is 0.647. The second kappa shape index (κ2) is 7.21. The summed E-state index contributed by atoms with van der Waals surface area (Å²) in [7, 11) is 4.08. The zero-order chi connectivity index (χ0) is 15.2. The van der Waals surface area contributed by atoms with E-state index in [0.29, 0.717) is 0 Å². The Morgan fingerprint density at radius 1 is 1.20 bits per heavy atom. The Morgan fingerprint density at radius 3 is 2.25 bits per heavy atom. The molecule has 1 aromatic carbocycles. The molecule has 0 amide bonds. The van der Waals surface area contributed by atoms with Crippen molar-refractivity contribution >= 4 is 0 Å². The van der Waals surface area contributed by atoms with Crippen molar-refractivity contribution in [3.8, 4) is 0 Å². The number of aliphatic hydroxyl groups is 1. The van der Waals surface area contributed by atoms with Gasteiger partial charge in [-0.05, 0) is 46.3 Å². The van der Waals surface area contributed by atoms with Crippen molar-refractivity contribution in [3.05, 3.63) is 35.9 Å². The molecular formula is C17H30N2O. The molecule has 0 spiro atoms. The van der Waals surface area contributed by atoms with Gasteiger partial charge in [0, 0.05) is 12.1 Å². The third-order valence-corrected chi connectivity index (χ3v) is 4.85. The molecule has 1 rings (SSSR count). The highest BCUT2D eigenvalue weighted by Crippen LogP contribution is 2.26. The molecule has 1 aromatic rings. The Morgan fingerprint density at radius 2 is 1.80 bits per heavy atom. The smallest absolute Gasteiger partial charge is 0.0678 e. The van der Waals surface area contributed by atoms with Crippen LogP contribution in [0.25, 0.3) is 0 Å². The van der Waals surface area contributed by atoms with Crippen LogP contribution >= 0.6 is 0 Å². The van der Waals surface area contributed by atoms with Gasteiger partial charge < -0.3 is 15.3 Å². The molecule has 0 fully saturated rings. The van der Waals surface area contributed by atoms with Crippen LogP contribution in [0.4, 0.5) is 0 Å². The lowest BCUT2D eigenvalue weighted by molar-refractivity contribution is 0.104. The summed E-state index contributed by atoms with van der Waals surface area (Å²) in [6.45, 7) is 7.78. The van der Waals surface area contributed by atoms with Crippen LogP contribution in [0, 0.1) is 0 Å². The van der Waals surface area contributed by atoms with Crippen LogP contribution in [0.3, 0.4) is 0 Å². The number of nitrogens with zero attached hydrogens (tertiary/aromatic N) is 1. The summed E-state index contributed by atoms with van der Waals surface area (Å²) in [6.07, 6.45) is 1.99. The average molecular weight is 278 g/mol. The lowest BCUT2D eigenvalue weighted by Gasteiger charge is -2.39. The van der Waals surface area contributed by atoms with Crippen LogP contribution in [0.15, 0.2) is 30.3 Å². The summed E-state index contributed by atoms with van der Waals surface area (Å²) < 4.78 is 0. The van der Waals surface area contributed by atoms with Gasteiger partial charge in [0.05, 0.1) is 12.1 Å². The molecule has 0 bridgehead atoms. The molecule has 20 heavy (non-hydrogen) atoms. The van der Waals surface area contributed by atoms with Crippen molar-refractivity contribution in [2.75, 3.05) is 27.2 Å². The van der Waals surface area contributed by atoms with E-state index in [4.69, 9.17) is 0 Å². The number of likely N-dealkylation sites (N-methyl/N-ethyl adjacent to an activating group) is 1. The number of nitrogens with one attached hydrogen (secondary N) is 1. The summed E-state index contributed by atoms with van der Waals surface area (Å²) in [5, 5.41) is 13.3. The molecule has 0 radical (unpaired) electrons. The molecule has 0 saturated heterocycles.